The number of furan rings is 1. The highest BCUT2D eigenvalue weighted by Crippen LogP contribution is 2.35. The number of carbonyl (C=O) groups excluding carboxylic acids is 2. The van der Waals surface area contributed by atoms with Crippen LogP contribution in [0.3, 0.4) is 0 Å². The number of nitrogens with one attached hydrogen (secondary N) is 2. The van der Waals surface area contributed by atoms with Crippen LogP contribution in [0.4, 0.5) is 8.78 Å². The number of halogens is 2. The van der Waals surface area contributed by atoms with E-state index in [1.165, 1.54) is 48.4 Å². The van der Waals surface area contributed by atoms with Crippen molar-refractivity contribution in [2.75, 3.05) is 5.75 Å². The summed E-state index contributed by atoms with van der Waals surface area (Å²) in [5.74, 6) is -1.18. The fraction of sp³-hybridized carbons (Fsp3) is 0.143. The third-order valence-electron chi connectivity index (χ3n) is 4.15. The van der Waals surface area contributed by atoms with Crippen molar-refractivity contribution in [1.82, 2.24) is 10.9 Å². The van der Waals surface area contributed by atoms with E-state index in [0.717, 1.165) is 11.1 Å². The van der Waals surface area contributed by atoms with Crippen LogP contribution in [0.15, 0.2) is 65.3 Å². The summed E-state index contributed by atoms with van der Waals surface area (Å²) in [7, 11) is 0. The molecule has 2 aromatic carbocycles. The predicted molar refractivity (Wildman–Crippen MR) is 106 cm³/mol. The van der Waals surface area contributed by atoms with E-state index in [2.05, 4.69) is 10.9 Å². The molecular weight excluding hydrogens is 398 g/mol. The first-order valence-corrected chi connectivity index (χ1v) is 9.74. The van der Waals surface area contributed by atoms with Crippen LogP contribution >= 0.6 is 11.8 Å². The summed E-state index contributed by atoms with van der Waals surface area (Å²) in [6.07, 6.45) is 1.39. The molecule has 0 bridgehead atoms. The average molecular weight is 416 g/mol. The van der Waals surface area contributed by atoms with Crippen molar-refractivity contribution in [3.8, 4) is 0 Å². The van der Waals surface area contributed by atoms with Crippen LogP contribution in [0, 0.1) is 18.6 Å². The minimum absolute atomic E-state index is 0.0179. The number of hydrogen-bond acceptors (Lipinski definition) is 4. The van der Waals surface area contributed by atoms with E-state index < -0.39 is 11.8 Å². The number of hydrogen-bond donors (Lipinski definition) is 2. The zero-order valence-electron chi connectivity index (χ0n) is 15.4. The van der Waals surface area contributed by atoms with Gasteiger partial charge in [0, 0.05) is 0 Å². The molecule has 3 aromatic rings. The lowest BCUT2D eigenvalue weighted by Crippen LogP contribution is -2.42. The van der Waals surface area contributed by atoms with Gasteiger partial charge in [-0.2, -0.15) is 0 Å². The van der Waals surface area contributed by atoms with Gasteiger partial charge in [0.2, 0.25) is 5.91 Å². The van der Waals surface area contributed by atoms with Crippen LogP contribution in [0.25, 0.3) is 0 Å². The molecule has 2 amide bonds. The second-order valence-corrected chi connectivity index (χ2v) is 7.28. The molecule has 29 heavy (non-hydrogen) atoms. The molecule has 0 unspecified atom stereocenters. The van der Waals surface area contributed by atoms with Crippen LogP contribution in [-0.2, 0) is 4.79 Å². The number of hydrazine groups is 1. The van der Waals surface area contributed by atoms with Crippen molar-refractivity contribution in [3.05, 3.63) is 94.9 Å². The second-order valence-electron chi connectivity index (χ2n) is 6.19. The zero-order valence-corrected chi connectivity index (χ0v) is 16.3. The highest BCUT2D eigenvalue weighted by atomic mass is 32.2. The third-order valence-corrected chi connectivity index (χ3v) is 5.45. The number of aryl methyl sites for hydroxylation is 1. The minimum Gasteiger partial charge on any atom is -0.469 e. The van der Waals surface area contributed by atoms with Crippen LogP contribution in [0.5, 0.6) is 0 Å². The summed E-state index contributed by atoms with van der Waals surface area (Å²) < 4.78 is 31.6. The number of amides is 2. The highest BCUT2D eigenvalue weighted by Gasteiger charge is 2.18. The summed E-state index contributed by atoms with van der Waals surface area (Å²) in [6, 6.07) is 13.3. The van der Waals surface area contributed by atoms with Crippen LogP contribution in [0.2, 0.25) is 0 Å². The van der Waals surface area contributed by atoms with Crippen molar-refractivity contribution < 1.29 is 22.8 Å². The van der Waals surface area contributed by atoms with E-state index in [-0.39, 0.29) is 22.6 Å². The topological polar surface area (TPSA) is 71.3 Å². The molecule has 1 aromatic heterocycles. The summed E-state index contributed by atoms with van der Waals surface area (Å²) in [6.45, 7) is 1.64. The van der Waals surface area contributed by atoms with E-state index in [4.69, 9.17) is 4.42 Å². The van der Waals surface area contributed by atoms with Gasteiger partial charge in [-0.3, -0.25) is 20.4 Å². The Bertz CT molecular complexity index is 942. The Balaban J connectivity index is 1.64. The van der Waals surface area contributed by atoms with Gasteiger partial charge < -0.3 is 4.42 Å². The second kappa shape index (κ2) is 9.38. The largest absolute Gasteiger partial charge is 0.469 e. The molecule has 0 aliphatic rings. The molecular formula is C21H18F2N2O3S. The van der Waals surface area contributed by atoms with Gasteiger partial charge in [0.25, 0.3) is 5.91 Å². The number of rotatable bonds is 6. The van der Waals surface area contributed by atoms with Gasteiger partial charge in [-0.25, -0.2) is 8.78 Å². The number of thioether (sulfide) groups is 1. The third kappa shape index (κ3) is 5.45. The van der Waals surface area contributed by atoms with Gasteiger partial charge in [0.1, 0.15) is 17.4 Å². The van der Waals surface area contributed by atoms with E-state index >= 15 is 0 Å². The Morgan fingerprint density at radius 2 is 1.48 bits per heavy atom. The minimum atomic E-state index is -0.483. The monoisotopic (exact) mass is 416 g/mol. The Kier molecular flexibility index (Phi) is 6.66. The van der Waals surface area contributed by atoms with Crippen LogP contribution in [0.1, 0.15) is 32.5 Å². The lowest BCUT2D eigenvalue weighted by atomic mass is 10.0. The molecule has 0 atom stereocenters. The van der Waals surface area contributed by atoms with Gasteiger partial charge in [-0.1, -0.05) is 24.3 Å². The number of carbonyl (C=O) groups is 2. The average Bonchev–Trinajstić information content (AvgIpc) is 3.15. The molecule has 3 rings (SSSR count). The first kappa shape index (κ1) is 20.6. The van der Waals surface area contributed by atoms with Crippen molar-refractivity contribution >= 4 is 23.6 Å². The van der Waals surface area contributed by atoms with Gasteiger partial charge in [-0.05, 0) is 48.4 Å². The first-order valence-electron chi connectivity index (χ1n) is 8.70. The Hall–Kier alpha value is -3.13. The fourth-order valence-corrected chi connectivity index (χ4v) is 3.76. The summed E-state index contributed by atoms with van der Waals surface area (Å²) in [5.41, 5.74) is 6.56. The molecule has 0 radical (unpaired) electrons. The molecule has 0 aliphatic heterocycles. The molecule has 2 N–H and O–H groups in total. The molecule has 5 nitrogen and oxygen atoms in total. The lowest BCUT2D eigenvalue weighted by Gasteiger charge is -2.18. The fourth-order valence-electron chi connectivity index (χ4n) is 2.67. The maximum Gasteiger partial charge on any atom is 0.273 e. The van der Waals surface area contributed by atoms with Crippen molar-refractivity contribution in [2.45, 2.75) is 12.2 Å². The predicted octanol–water partition coefficient (Wildman–Crippen LogP) is 4.15. The van der Waals surface area contributed by atoms with Crippen molar-refractivity contribution in [2.24, 2.45) is 0 Å². The molecule has 0 saturated heterocycles. The highest BCUT2D eigenvalue weighted by molar-refractivity contribution is 8.00. The van der Waals surface area contributed by atoms with Crippen LogP contribution in [-0.4, -0.2) is 17.6 Å². The first-order chi connectivity index (χ1) is 13.9. The van der Waals surface area contributed by atoms with Gasteiger partial charge >= 0.3 is 0 Å². The van der Waals surface area contributed by atoms with Crippen molar-refractivity contribution in [3.63, 3.8) is 0 Å². The molecule has 150 valence electrons. The summed E-state index contributed by atoms with van der Waals surface area (Å²) >= 11 is 1.27. The van der Waals surface area contributed by atoms with Gasteiger partial charge in [0.15, 0.2) is 0 Å². The Morgan fingerprint density at radius 3 is 1.97 bits per heavy atom. The molecule has 0 saturated carbocycles. The van der Waals surface area contributed by atoms with E-state index in [1.54, 1.807) is 31.2 Å². The van der Waals surface area contributed by atoms with Gasteiger partial charge in [0.05, 0.1) is 22.8 Å². The van der Waals surface area contributed by atoms with E-state index in [1.807, 2.05) is 0 Å². The molecule has 0 spiro atoms. The van der Waals surface area contributed by atoms with E-state index in [9.17, 15) is 18.4 Å². The smallest absolute Gasteiger partial charge is 0.273 e. The quantitative estimate of drug-likeness (QED) is 0.592. The maximum atomic E-state index is 13.3. The van der Waals surface area contributed by atoms with Crippen molar-refractivity contribution in [1.29, 1.82) is 0 Å². The number of benzene rings is 2. The maximum absolute atomic E-state index is 13.3. The molecule has 0 aliphatic carbocycles. The summed E-state index contributed by atoms with van der Waals surface area (Å²) in [5, 5.41) is -0.311. The normalized spacial score (nSPS) is 10.8. The van der Waals surface area contributed by atoms with Gasteiger partial charge in [-0.15, -0.1) is 11.8 Å². The zero-order chi connectivity index (χ0) is 20.8. The standard InChI is InChI=1S/C21H18F2N2O3S/c1-13-18(10-11-28-13)21(27)25-24-19(26)12-29-20(14-2-6-16(22)7-3-14)15-4-8-17(23)9-5-15/h2-11,20H,12H2,1H3,(H,24,26)(H,25,27). The molecule has 0 fully saturated rings. The van der Waals surface area contributed by atoms with E-state index in [0.29, 0.717) is 11.3 Å². The Morgan fingerprint density at radius 1 is 0.931 bits per heavy atom. The Labute approximate surface area is 170 Å². The van der Waals surface area contributed by atoms with Crippen LogP contribution < -0.4 is 10.9 Å². The molecule has 1 heterocycles. The lowest BCUT2D eigenvalue weighted by molar-refractivity contribution is -0.119. The SMILES string of the molecule is Cc1occc1C(=O)NNC(=O)CSC(c1ccc(F)cc1)c1ccc(F)cc1. The molecule has 8 heteroatoms. The summed E-state index contributed by atoms with van der Waals surface area (Å²) in [4.78, 5) is 24.2.